The second-order valence-corrected chi connectivity index (χ2v) is 7.60. The van der Waals surface area contributed by atoms with Gasteiger partial charge < -0.3 is 9.73 Å². The first-order chi connectivity index (χ1) is 13.7. The number of aliphatic imine (C=N–C) groups is 1. The van der Waals surface area contributed by atoms with E-state index in [1.807, 2.05) is 48.5 Å². The number of Topliss-reactive ketones (excluding diaryl/α,β-unsaturated/α-hetero) is 1. The molecule has 2 N–H and O–H groups in total. The summed E-state index contributed by atoms with van der Waals surface area (Å²) in [5.41, 5.74) is 2.34. The van der Waals surface area contributed by atoms with E-state index in [4.69, 9.17) is 21.0 Å². The monoisotopic (exact) mass is 394 g/mol. The molecular formula is C21H19ClN4O2. The molecule has 3 atom stereocenters. The minimum Gasteiger partial charge on any atom is -0.423 e. The van der Waals surface area contributed by atoms with Crippen LogP contribution in [0.2, 0.25) is 5.02 Å². The third kappa shape index (κ3) is 3.03. The van der Waals surface area contributed by atoms with Crippen LogP contribution in [0, 0.1) is 5.92 Å². The number of nitrogens with one attached hydrogen (secondary N) is 2. The van der Waals surface area contributed by atoms with Crippen molar-refractivity contribution in [2.24, 2.45) is 10.9 Å². The van der Waals surface area contributed by atoms with Gasteiger partial charge in [-0.25, -0.2) is 4.99 Å². The number of fused-ring (bicyclic) bond motifs is 2. The van der Waals surface area contributed by atoms with Gasteiger partial charge in [-0.15, -0.1) is 0 Å². The number of rotatable bonds is 2. The van der Waals surface area contributed by atoms with E-state index in [9.17, 15) is 4.79 Å². The molecule has 5 rings (SSSR count). The first-order valence-electron chi connectivity index (χ1n) is 9.43. The Hall–Kier alpha value is -2.86. The molecule has 0 amide bonds. The molecule has 1 aliphatic carbocycles. The number of ketones is 1. The Morgan fingerprint density at radius 3 is 2.82 bits per heavy atom. The summed E-state index contributed by atoms with van der Waals surface area (Å²) in [7, 11) is 0. The van der Waals surface area contributed by atoms with E-state index in [0.717, 1.165) is 23.9 Å². The molecule has 1 aromatic heterocycles. The van der Waals surface area contributed by atoms with Crippen LogP contribution in [-0.2, 0) is 4.79 Å². The van der Waals surface area contributed by atoms with E-state index in [2.05, 4.69) is 15.6 Å². The average molecular weight is 395 g/mol. The summed E-state index contributed by atoms with van der Waals surface area (Å²) < 4.78 is 5.76. The van der Waals surface area contributed by atoms with E-state index in [1.54, 1.807) is 0 Å². The predicted octanol–water partition coefficient (Wildman–Crippen LogP) is 4.33. The van der Waals surface area contributed by atoms with Crippen LogP contribution in [-0.4, -0.2) is 22.8 Å². The van der Waals surface area contributed by atoms with Gasteiger partial charge in [-0.05, 0) is 36.6 Å². The van der Waals surface area contributed by atoms with Gasteiger partial charge in [-0.2, -0.15) is 4.98 Å². The van der Waals surface area contributed by atoms with Crippen LogP contribution >= 0.6 is 11.6 Å². The summed E-state index contributed by atoms with van der Waals surface area (Å²) in [5, 5.41) is 7.14. The van der Waals surface area contributed by atoms with Crippen molar-refractivity contribution in [1.82, 2.24) is 10.3 Å². The molecule has 1 saturated carbocycles. The zero-order valence-electron chi connectivity index (χ0n) is 15.1. The lowest BCUT2D eigenvalue weighted by molar-refractivity contribution is -0.126. The number of para-hydroxylation sites is 2. The maximum absolute atomic E-state index is 12.7. The molecule has 3 aromatic rings. The number of carbonyl (C=O) groups excluding carboxylic acids is 1. The van der Waals surface area contributed by atoms with E-state index >= 15 is 0 Å². The number of halogens is 1. The molecule has 3 unspecified atom stereocenters. The van der Waals surface area contributed by atoms with E-state index < -0.39 is 0 Å². The molecular weight excluding hydrogens is 376 g/mol. The number of anilines is 1. The fraction of sp³-hybridized carbons (Fsp3) is 0.286. The van der Waals surface area contributed by atoms with Gasteiger partial charge in [0.25, 0.3) is 0 Å². The summed E-state index contributed by atoms with van der Waals surface area (Å²) in [6.07, 6.45) is 2.37. The number of hydrogen-bond acceptors (Lipinski definition) is 6. The van der Waals surface area contributed by atoms with Crippen LogP contribution in [0.3, 0.4) is 0 Å². The highest BCUT2D eigenvalue weighted by molar-refractivity contribution is 6.31. The topological polar surface area (TPSA) is 79.5 Å². The lowest BCUT2D eigenvalue weighted by Gasteiger charge is -2.39. The van der Waals surface area contributed by atoms with Crippen LogP contribution in [0.25, 0.3) is 11.1 Å². The summed E-state index contributed by atoms with van der Waals surface area (Å²) in [5.74, 6) is 0.564. The molecule has 0 bridgehead atoms. The van der Waals surface area contributed by atoms with Gasteiger partial charge in [-0.3, -0.25) is 10.1 Å². The van der Waals surface area contributed by atoms with Gasteiger partial charge in [0.05, 0.1) is 12.0 Å². The number of aromatic nitrogens is 1. The normalized spacial score (nSPS) is 24.4. The summed E-state index contributed by atoms with van der Waals surface area (Å²) in [6.45, 7) is 0. The van der Waals surface area contributed by atoms with Crippen molar-refractivity contribution in [2.45, 2.75) is 31.3 Å². The Morgan fingerprint density at radius 2 is 1.96 bits per heavy atom. The molecule has 2 heterocycles. The fourth-order valence-electron chi connectivity index (χ4n) is 4.13. The molecule has 0 saturated heterocycles. The fourth-order valence-corrected chi connectivity index (χ4v) is 4.38. The molecule has 2 aromatic carbocycles. The zero-order valence-corrected chi connectivity index (χ0v) is 15.8. The smallest absolute Gasteiger partial charge is 0.302 e. The lowest BCUT2D eigenvalue weighted by Crippen LogP contribution is -2.53. The molecule has 0 radical (unpaired) electrons. The van der Waals surface area contributed by atoms with Crippen LogP contribution < -0.4 is 10.6 Å². The third-order valence-corrected chi connectivity index (χ3v) is 5.76. The van der Waals surface area contributed by atoms with Gasteiger partial charge in [0.15, 0.2) is 11.5 Å². The number of benzene rings is 2. The van der Waals surface area contributed by atoms with Crippen LogP contribution in [0.1, 0.15) is 30.9 Å². The Morgan fingerprint density at radius 1 is 1.14 bits per heavy atom. The standard InChI is InChI=1S/C21H19ClN4O2/c22-13-7-2-1-6-12(13)19-18-15(9-5-10-16(18)27)23-20(25-19)26-21-24-14-8-3-4-11-17(14)28-21/h1-4,6-8,11,15,18-19H,5,9-10H2,(H2,23,24,25,26). The molecule has 7 heteroatoms. The molecule has 142 valence electrons. The molecule has 1 aliphatic heterocycles. The van der Waals surface area contributed by atoms with E-state index in [1.165, 1.54) is 0 Å². The van der Waals surface area contributed by atoms with Gasteiger partial charge >= 0.3 is 6.01 Å². The van der Waals surface area contributed by atoms with Crippen LogP contribution in [0.4, 0.5) is 6.01 Å². The van der Waals surface area contributed by atoms with Crippen molar-refractivity contribution in [3.8, 4) is 0 Å². The predicted molar refractivity (Wildman–Crippen MR) is 109 cm³/mol. The number of guanidine groups is 1. The SMILES string of the molecule is O=C1CCCC2NC(Nc3nc4ccccc4o3)=NC(c3ccccc3Cl)C12. The van der Waals surface area contributed by atoms with Crippen molar-refractivity contribution in [2.75, 3.05) is 5.32 Å². The first-order valence-corrected chi connectivity index (χ1v) is 9.81. The Kier molecular flexibility index (Phi) is 4.28. The molecule has 1 fully saturated rings. The molecule has 0 spiro atoms. The van der Waals surface area contributed by atoms with E-state index in [0.29, 0.717) is 29.0 Å². The van der Waals surface area contributed by atoms with Crippen molar-refractivity contribution in [3.63, 3.8) is 0 Å². The van der Waals surface area contributed by atoms with E-state index in [-0.39, 0.29) is 23.8 Å². The van der Waals surface area contributed by atoms with Crippen molar-refractivity contribution >= 4 is 40.5 Å². The largest absolute Gasteiger partial charge is 0.423 e. The highest BCUT2D eigenvalue weighted by Gasteiger charge is 2.42. The number of hydrogen-bond donors (Lipinski definition) is 2. The molecule has 6 nitrogen and oxygen atoms in total. The highest BCUT2D eigenvalue weighted by atomic mass is 35.5. The molecule has 28 heavy (non-hydrogen) atoms. The molecule has 2 aliphatic rings. The van der Waals surface area contributed by atoms with Crippen molar-refractivity contribution in [3.05, 3.63) is 59.1 Å². The number of nitrogens with zero attached hydrogens (tertiary/aromatic N) is 2. The summed E-state index contributed by atoms with van der Waals surface area (Å²) >= 11 is 6.45. The van der Waals surface area contributed by atoms with Crippen LogP contribution in [0.15, 0.2) is 57.9 Å². The Bertz CT molecular complexity index is 1040. The minimum atomic E-state index is -0.334. The van der Waals surface area contributed by atoms with Crippen LogP contribution in [0.5, 0.6) is 0 Å². The first kappa shape index (κ1) is 17.3. The lowest BCUT2D eigenvalue weighted by atomic mass is 9.76. The summed E-state index contributed by atoms with van der Waals surface area (Å²) in [6, 6.07) is 15.2. The van der Waals surface area contributed by atoms with Crippen molar-refractivity contribution < 1.29 is 9.21 Å². The second-order valence-electron chi connectivity index (χ2n) is 7.19. The van der Waals surface area contributed by atoms with Crippen molar-refractivity contribution in [1.29, 1.82) is 0 Å². The quantitative estimate of drug-likeness (QED) is 0.676. The Labute approximate surface area is 167 Å². The maximum atomic E-state index is 12.7. The third-order valence-electron chi connectivity index (χ3n) is 5.42. The zero-order chi connectivity index (χ0) is 19.1. The minimum absolute atomic E-state index is 0.00639. The van der Waals surface area contributed by atoms with Gasteiger partial charge in [0, 0.05) is 17.5 Å². The van der Waals surface area contributed by atoms with Gasteiger partial charge in [-0.1, -0.05) is 41.9 Å². The summed E-state index contributed by atoms with van der Waals surface area (Å²) in [4.78, 5) is 22.0. The van der Waals surface area contributed by atoms with Gasteiger partial charge in [0.1, 0.15) is 11.3 Å². The second kappa shape index (κ2) is 6.95. The maximum Gasteiger partial charge on any atom is 0.302 e. The van der Waals surface area contributed by atoms with Gasteiger partial charge in [0.2, 0.25) is 0 Å². The number of oxazole rings is 1. The number of carbonyl (C=O) groups is 1. The highest BCUT2D eigenvalue weighted by Crippen LogP contribution is 2.40. The average Bonchev–Trinajstić information content (AvgIpc) is 3.10. The Balaban J connectivity index is 1.52.